The molecule has 132 valence electrons. The summed E-state index contributed by atoms with van der Waals surface area (Å²) in [6, 6.07) is 7.45. The highest BCUT2D eigenvalue weighted by Crippen LogP contribution is 2.32. The van der Waals surface area contributed by atoms with Gasteiger partial charge in [-0.1, -0.05) is 28.1 Å². The molecule has 1 aromatic carbocycles. The van der Waals surface area contributed by atoms with Crippen LogP contribution in [-0.2, 0) is 9.59 Å². The number of benzene rings is 1. The molecule has 0 spiro atoms. The van der Waals surface area contributed by atoms with E-state index in [1.54, 1.807) is 11.0 Å². The summed E-state index contributed by atoms with van der Waals surface area (Å²) in [6.07, 6.45) is 1.68. The molecule has 6 nitrogen and oxygen atoms in total. The van der Waals surface area contributed by atoms with Crippen molar-refractivity contribution >= 4 is 50.8 Å². The molecule has 2 heterocycles. The zero-order chi connectivity index (χ0) is 18.0. The maximum atomic E-state index is 12.5. The predicted molar refractivity (Wildman–Crippen MR) is 101 cm³/mol. The quantitative estimate of drug-likeness (QED) is 0.697. The van der Waals surface area contributed by atoms with Crippen molar-refractivity contribution in [1.82, 2.24) is 14.7 Å². The molecule has 2 fully saturated rings. The third kappa shape index (κ3) is 4.31. The lowest BCUT2D eigenvalue weighted by molar-refractivity contribution is -0.137. The number of carbonyl (C=O) groups excluding carboxylic acids is 3. The van der Waals surface area contributed by atoms with Crippen LogP contribution in [-0.4, -0.2) is 71.5 Å². The van der Waals surface area contributed by atoms with E-state index in [1.807, 2.05) is 31.3 Å². The summed E-state index contributed by atoms with van der Waals surface area (Å²) < 4.78 is 0.940. The molecule has 0 bridgehead atoms. The van der Waals surface area contributed by atoms with E-state index in [-0.39, 0.29) is 12.5 Å². The second-order valence-corrected chi connectivity index (χ2v) is 7.91. The Morgan fingerprint density at radius 2 is 1.80 bits per heavy atom. The summed E-state index contributed by atoms with van der Waals surface area (Å²) in [7, 11) is 2.01. The molecular weight excluding hydrogens is 406 g/mol. The fourth-order valence-corrected chi connectivity index (χ4v) is 3.74. The average molecular weight is 424 g/mol. The zero-order valence-electron chi connectivity index (χ0n) is 13.8. The van der Waals surface area contributed by atoms with Gasteiger partial charge in [0.25, 0.3) is 11.1 Å². The van der Waals surface area contributed by atoms with Gasteiger partial charge >= 0.3 is 0 Å². The van der Waals surface area contributed by atoms with Crippen LogP contribution in [0.15, 0.2) is 33.6 Å². The van der Waals surface area contributed by atoms with Gasteiger partial charge in [0.2, 0.25) is 5.91 Å². The number of hydrogen-bond donors (Lipinski definition) is 0. The smallest absolute Gasteiger partial charge is 0.294 e. The van der Waals surface area contributed by atoms with Gasteiger partial charge in [0.15, 0.2) is 0 Å². The SMILES string of the molecule is CN1CCN(C(=O)CN2C(=O)SC(=Cc3ccc(Br)cc3)C2=O)CC1. The van der Waals surface area contributed by atoms with Crippen molar-refractivity contribution in [2.45, 2.75) is 0 Å². The molecule has 0 N–H and O–H groups in total. The van der Waals surface area contributed by atoms with Gasteiger partial charge in [-0.25, -0.2) is 0 Å². The van der Waals surface area contributed by atoms with Crippen LogP contribution >= 0.6 is 27.7 Å². The molecule has 0 radical (unpaired) electrons. The van der Waals surface area contributed by atoms with Crippen molar-refractivity contribution in [2.75, 3.05) is 39.8 Å². The van der Waals surface area contributed by atoms with Crippen molar-refractivity contribution in [3.63, 3.8) is 0 Å². The maximum absolute atomic E-state index is 12.5. The number of imide groups is 1. The molecule has 0 atom stereocenters. The summed E-state index contributed by atoms with van der Waals surface area (Å²) in [5.41, 5.74) is 0.832. The standard InChI is InChI=1S/C17H18BrN3O3S/c1-19-6-8-20(9-7-19)15(22)11-21-16(23)14(25-17(21)24)10-12-2-4-13(18)5-3-12/h2-5,10H,6-9,11H2,1H3. The number of nitrogens with zero attached hydrogens (tertiary/aromatic N) is 3. The Bertz CT molecular complexity index is 727. The number of thioether (sulfide) groups is 1. The number of carbonyl (C=O) groups is 3. The van der Waals surface area contributed by atoms with Crippen LogP contribution in [0.25, 0.3) is 6.08 Å². The number of rotatable bonds is 3. The van der Waals surface area contributed by atoms with Crippen LogP contribution in [0.3, 0.4) is 0 Å². The van der Waals surface area contributed by atoms with Gasteiger partial charge < -0.3 is 9.80 Å². The number of halogens is 1. The highest BCUT2D eigenvalue weighted by atomic mass is 79.9. The van der Waals surface area contributed by atoms with Crippen molar-refractivity contribution in [2.24, 2.45) is 0 Å². The van der Waals surface area contributed by atoms with Crippen LogP contribution in [0.4, 0.5) is 4.79 Å². The lowest BCUT2D eigenvalue weighted by Gasteiger charge is -2.33. The molecule has 3 amide bonds. The van der Waals surface area contributed by atoms with Crippen LogP contribution in [0.5, 0.6) is 0 Å². The van der Waals surface area contributed by atoms with E-state index in [9.17, 15) is 14.4 Å². The third-order valence-electron chi connectivity index (χ3n) is 4.19. The number of piperazine rings is 1. The number of likely N-dealkylation sites (N-methyl/N-ethyl adjacent to an activating group) is 1. The normalized spacial score (nSPS) is 20.6. The van der Waals surface area contributed by atoms with Crippen LogP contribution in [0.2, 0.25) is 0 Å². The van der Waals surface area contributed by atoms with Gasteiger partial charge in [0.1, 0.15) is 6.54 Å². The number of amides is 3. The molecule has 2 aliphatic rings. The summed E-state index contributed by atoms with van der Waals surface area (Å²) in [5, 5.41) is -0.393. The van der Waals surface area contributed by atoms with Gasteiger partial charge in [-0.15, -0.1) is 0 Å². The molecule has 0 unspecified atom stereocenters. The molecule has 8 heteroatoms. The second-order valence-electron chi connectivity index (χ2n) is 6.00. The maximum Gasteiger partial charge on any atom is 0.294 e. The second kappa shape index (κ2) is 7.72. The molecule has 0 aliphatic carbocycles. The van der Waals surface area contributed by atoms with E-state index in [0.717, 1.165) is 39.8 Å². The topological polar surface area (TPSA) is 60.9 Å². The van der Waals surface area contributed by atoms with E-state index in [0.29, 0.717) is 18.0 Å². The van der Waals surface area contributed by atoms with Gasteiger partial charge in [0, 0.05) is 30.7 Å². The minimum atomic E-state index is -0.402. The van der Waals surface area contributed by atoms with E-state index < -0.39 is 11.1 Å². The van der Waals surface area contributed by atoms with Crippen LogP contribution < -0.4 is 0 Å². The van der Waals surface area contributed by atoms with Gasteiger partial charge in [-0.2, -0.15) is 0 Å². The minimum Gasteiger partial charge on any atom is -0.339 e. The average Bonchev–Trinajstić information content (AvgIpc) is 2.85. The van der Waals surface area contributed by atoms with Gasteiger partial charge in [-0.3, -0.25) is 19.3 Å². The van der Waals surface area contributed by atoms with E-state index >= 15 is 0 Å². The highest BCUT2D eigenvalue weighted by Gasteiger charge is 2.37. The summed E-state index contributed by atoms with van der Waals surface area (Å²) >= 11 is 4.24. The first-order valence-corrected chi connectivity index (χ1v) is 9.52. The van der Waals surface area contributed by atoms with Crippen molar-refractivity contribution in [1.29, 1.82) is 0 Å². The molecule has 3 rings (SSSR count). The Morgan fingerprint density at radius 3 is 2.44 bits per heavy atom. The van der Waals surface area contributed by atoms with E-state index in [1.165, 1.54) is 0 Å². The molecule has 2 saturated heterocycles. The largest absolute Gasteiger partial charge is 0.339 e. The van der Waals surface area contributed by atoms with Crippen molar-refractivity contribution < 1.29 is 14.4 Å². The Morgan fingerprint density at radius 1 is 1.16 bits per heavy atom. The summed E-state index contributed by atoms with van der Waals surface area (Å²) in [4.78, 5) is 42.3. The molecule has 2 aliphatic heterocycles. The Hall–Kier alpha value is -1.64. The fraction of sp³-hybridized carbons (Fsp3) is 0.353. The molecule has 0 aromatic heterocycles. The zero-order valence-corrected chi connectivity index (χ0v) is 16.2. The molecule has 25 heavy (non-hydrogen) atoms. The van der Waals surface area contributed by atoms with Crippen LogP contribution in [0.1, 0.15) is 5.56 Å². The minimum absolute atomic E-state index is 0.180. The Kier molecular flexibility index (Phi) is 5.61. The lowest BCUT2D eigenvalue weighted by Crippen LogP contribution is -2.50. The van der Waals surface area contributed by atoms with Crippen molar-refractivity contribution in [3.05, 3.63) is 39.2 Å². The highest BCUT2D eigenvalue weighted by molar-refractivity contribution is 9.10. The lowest BCUT2D eigenvalue weighted by atomic mass is 10.2. The van der Waals surface area contributed by atoms with Crippen molar-refractivity contribution in [3.8, 4) is 0 Å². The fourth-order valence-electron chi connectivity index (χ4n) is 2.64. The predicted octanol–water partition coefficient (Wildman–Crippen LogP) is 2.26. The number of hydrogen-bond acceptors (Lipinski definition) is 5. The molecule has 0 saturated carbocycles. The first kappa shape index (κ1) is 18.2. The monoisotopic (exact) mass is 423 g/mol. The Balaban J connectivity index is 1.67. The van der Waals surface area contributed by atoms with Crippen LogP contribution in [0, 0.1) is 0 Å². The molecular formula is C17H18BrN3O3S. The summed E-state index contributed by atoms with van der Waals surface area (Å²) in [6.45, 7) is 2.67. The van der Waals surface area contributed by atoms with Gasteiger partial charge in [-0.05, 0) is 42.6 Å². The Labute approximate surface area is 158 Å². The van der Waals surface area contributed by atoms with E-state index in [4.69, 9.17) is 0 Å². The third-order valence-corrected chi connectivity index (χ3v) is 5.63. The van der Waals surface area contributed by atoms with E-state index in [2.05, 4.69) is 20.8 Å². The van der Waals surface area contributed by atoms with Gasteiger partial charge in [0.05, 0.1) is 4.91 Å². The first-order valence-electron chi connectivity index (χ1n) is 7.91. The first-order chi connectivity index (χ1) is 11.9. The molecule has 1 aromatic rings. The summed E-state index contributed by atoms with van der Waals surface area (Å²) in [5.74, 6) is -0.583.